The maximum absolute atomic E-state index is 13.2. The first-order chi connectivity index (χ1) is 14.2. The Bertz CT molecular complexity index is 1170. The maximum atomic E-state index is 13.2. The Balaban J connectivity index is 1.45. The van der Waals surface area contributed by atoms with Gasteiger partial charge in [-0.2, -0.15) is 0 Å². The SMILES string of the molecule is Nc1ccc(-c2ccc3c(c2)CN(C(=O)c2cc4ccccc4s2)CCO3)cn1. The van der Waals surface area contributed by atoms with Gasteiger partial charge in [0, 0.05) is 28.6 Å². The van der Waals surface area contributed by atoms with Crippen LogP contribution in [-0.4, -0.2) is 28.9 Å². The van der Waals surface area contributed by atoms with E-state index in [2.05, 4.69) is 11.1 Å². The highest BCUT2D eigenvalue weighted by Gasteiger charge is 2.23. The topological polar surface area (TPSA) is 68.5 Å². The van der Waals surface area contributed by atoms with Gasteiger partial charge < -0.3 is 15.4 Å². The van der Waals surface area contributed by atoms with Crippen LogP contribution in [0.3, 0.4) is 0 Å². The number of ether oxygens (including phenoxy) is 1. The van der Waals surface area contributed by atoms with Gasteiger partial charge >= 0.3 is 0 Å². The van der Waals surface area contributed by atoms with Gasteiger partial charge in [0.15, 0.2) is 0 Å². The molecule has 0 atom stereocenters. The molecule has 2 N–H and O–H groups in total. The number of fused-ring (bicyclic) bond motifs is 2. The average Bonchev–Trinajstić information content (AvgIpc) is 3.06. The Hall–Kier alpha value is -3.38. The molecule has 3 heterocycles. The molecule has 29 heavy (non-hydrogen) atoms. The zero-order valence-electron chi connectivity index (χ0n) is 15.7. The predicted molar refractivity (Wildman–Crippen MR) is 116 cm³/mol. The summed E-state index contributed by atoms with van der Waals surface area (Å²) in [6.45, 7) is 1.55. The zero-order valence-corrected chi connectivity index (χ0v) is 16.5. The molecule has 5 rings (SSSR count). The van der Waals surface area contributed by atoms with E-state index in [1.54, 1.807) is 12.3 Å². The summed E-state index contributed by atoms with van der Waals surface area (Å²) in [5, 5.41) is 1.10. The molecule has 0 bridgehead atoms. The Morgan fingerprint density at radius 2 is 1.93 bits per heavy atom. The number of hydrogen-bond donors (Lipinski definition) is 1. The Kier molecular flexibility index (Phi) is 4.41. The molecule has 6 heteroatoms. The molecule has 1 aliphatic rings. The van der Waals surface area contributed by atoms with E-state index in [-0.39, 0.29) is 5.91 Å². The van der Waals surface area contributed by atoms with E-state index in [0.717, 1.165) is 37.4 Å². The first-order valence-electron chi connectivity index (χ1n) is 9.43. The van der Waals surface area contributed by atoms with Gasteiger partial charge in [0.1, 0.15) is 18.2 Å². The molecule has 5 nitrogen and oxygen atoms in total. The molecule has 1 amide bonds. The fraction of sp³-hybridized carbons (Fsp3) is 0.130. The lowest BCUT2D eigenvalue weighted by atomic mass is 10.0. The van der Waals surface area contributed by atoms with Crippen LogP contribution in [0.15, 0.2) is 66.9 Å². The van der Waals surface area contributed by atoms with E-state index >= 15 is 0 Å². The highest BCUT2D eigenvalue weighted by Crippen LogP contribution is 2.31. The molecule has 0 spiro atoms. The number of carbonyl (C=O) groups is 1. The average molecular weight is 401 g/mol. The van der Waals surface area contributed by atoms with Crippen LogP contribution in [-0.2, 0) is 6.54 Å². The lowest BCUT2D eigenvalue weighted by molar-refractivity contribution is 0.0738. The number of amides is 1. The van der Waals surface area contributed by atoms with Crippen molar-refractivity contribution in [3.63, 3.8) is 0 Å². The fourth-order valence-corrected chi connectivity index (χ4v) is 4.60. The predicted octanol–water partition coefficient (Wildman–Crippen LogP) is 4.58. The summed E-state index contributed by atoms with van der Waals surface area (Å²) >= 11 is 1.54. The standard InChI is InChI=1S/C23H19N3O2S/c24-22-8-6-17(13-25-22)15-5-7-19-18(11-15)14-26(9-10-28-19)23(27)21-12-16-3-1-2-4-20(16)29-21/h1-8,11-13H,9-10,14H2,(H2,24,25). The molecule has 4 aromatic rings. The number of rotatable bonds is 2. The van der Waals surface area contributed by atoms with E-state index in [1.807, 2.05) is 53.4 Å². The summed E-state index contributed by atoms with van der Waals surface area (Å²) in [7, 11) is 0. The quantitative estimate of drug-likeness (QED) is 0.534. The first kappa shape index (κ1) is 17.7. The largest absolute Gasteiger partial charge is 0.491 e. The molecule has 1 aliphatic heterocycles. The van der Waals surface area contributed by atoms with Gasteiger partial charge in [-0.25, -0.2) is 4.98 Å². The summed E-state index contributed by atoms with van der Waals surface area (Å²) in [6, 6.07) is 19.8. The number of nitrogen functional groups attached to an aromatic ring is 1. The van der Waals surface area contributed by atoms with Crippen LogP contribution in [0.4, 0.5) is 5.82 Å². The fourth-order valence-electron chi connectivity index (χ4n) is 3.57. The van der Waals surface area contributed by atoms with Crippen molar-refractivity contribution < 1.29 is 9.53 Å². The molecular formula is C23H19N3O2S. The number of thiophene rings is 1. The van der Waals surface area contributed by atoms with E-state index in [0.29, 0.717) is 25.5 Å². The summed E-state index contributed by atoms with van der Waals surface area (Å²) < 4.78 is 7.03. The first-order valence-corrected chi connectivity index (χ1v) is 10.2. The third-order valence-corrected chi connectivity index (χ3v) is 6.19. The Morgan fingerprint density at radius 1 is 1.07 bits per heavy atom. The minimum absolute atomic E-state index is 0.0437. The normalized spacial score (nSPS) is 13.6. The molecule has 144 valence electrons. The molecule has 2 aromatic heterocycles. The maximum Gasteiger partial charge on any atom is 0.264 e. The van der Waals surface area contributed by atoms with Crippen molar-refractivity contribution in [1.82, 2.24) is 9.88 Å². The van der Waals surface area contributed by atoms with Crippen LogP contribution in [0.1, 0.15) is 15.2 Å². The van der Waals surface area contributed by atoms with E-state index in [9.17, 15) is 4.79 Å². The van der Waals surface area contributed by atoms with Gasteiger partial charge in [-0.1, -0.05) is 24.3 Å². The third-order valence-electron chi connectivity index (χ3n) is 5.08. The highest BCUT2D eigenvalue weighted by atomic mass is 32.1. The van der Waals surface area contributed by atoms with Gasteiger partial charge in [0.25, 0.3) is 5.91 Å². The number of anilines is 1. The van der Waals surface area contributed by atoms with Gasteiger partial charge in [0.05, 0.1) is 11.4 Å². The summed E-state index contributed by atoms with van der Waals surface area (Å²) in [4.78, 5) is 20.0. The van der Waals surface area contributed by atoms with Crippen molar-refractivity contribution in [1.29, 1.82) is 0 Å². The van der Waals surface area contributed by atoms with Gasteiger partial charge in [-0.3, -0.25) is 4.79 Å². The molecule has 0 fully saturated rings. The summed E-state index contributed by atoms with van der Waals surface area (Å²) in [6.07, 6.45) is 1.76. The Labute approximate surface area is 172 Å². The van der Waals surface area contributed by atoms with Crippen molar-refractivity contribution in [2.45, 2.75) is 6.54 Å². The molecular weight excluding hydrogens is 382 g/mol. The monoisotopic (exact) mass is 401 g/mol. The van der Waals surface area contributed by atoms with Crippen molar-refractivity contribution in [3.8, 4) is 16.9 Å². The molecule has 0 saturated carbocycles. The lowest BCUT2D eigenvalue weighted by Gasteiger charge is -2.19. The van der Waals surface area contributed by atoms with E-state index in [4.69, 9.17) is 10.5 Å². The van der Waals surface area contributed by atoms with E-state index < -0.39 is 0 Å². The summed E-state index contributed by atoms with van der Waals surface area (Å²) in [5.74, 6) is 1.36. The second-order valence-electron chi connectivity index (χ2n) is 7.02. The minimum Gasteiger partial charge on any atom is -0.491 e. The smallest absolute Gasteiger partial charge is 0.264 e. The Morgan fingerprint density at radius 3 is 2.76 bits per heavy atom. The number of aromatic nitrogens is 1. The van der Waals surface area contributed by atoms with Gasteiger partial charge in [0.2, 0.25) is 0 Å². The van der Waals surface area contributed by atoms with Crippen LogP contribution < -0.4 is 10.5 Å². The summed E-state index contributed by atoms with van der Waals surface area (Å²) in [5.41, 5.74) is 8.69. The number of nitrogens with zero attached hydrogens (tertiary/aromatic N) is 2. The number of benzene rings is 2. The highest BCUT2D eigenvalue weighted by molar-refractivity contribution is 7.20. The lowest BCUT2D eigenvalue weighted by Crippen LogP contribution is -2.31. The van der Waals surface area contributed by atoms with Gasteiger partial charge in [-0.15, -0.1) is 11.3 Å². The van der Waals surface area contributed by atoms with E-state index in [1.165, 1.54) is 11.3 Å². The van der Waals surface area contributed by atoms with Crippen LogP contribution >= 0.6 is 11.3 Å². The second kappa shape index (κ2) is 7.22. The number of pyridine rings is 1. The van der Waals surface area contributed by atoms with Crippen molar-refractivity contribution >= 4 is 33.1 Å². The van der Waals surface area contributed by atoms with Crippen molar-refractivity contribution in [2.75, 3.05) is 18.9 Å². The van der Waals surface area contributed by atoms with Gasteiger partial charge in [-0.05, 0) is 47.3 Å². The molecule has 2 aromatic carbocycles. The molecule has 0 radical (unpaired) electrons. The van der Waals surface area contributed by atoms with Crippen LogP contribution in [0.5, 0.6) is 5.75 Å². The number of nitrogens with two attached hydrogens (primary N) is 1. The number of hydrogen-bond acceptors (Lipinski definition) is 5. The van der Waals surface area contributed by atoms with Crippen LogP contribution in [0, 0.1) is 0 Å². The molecule has 0 aliphatic carbocycles. The minimum atomic E-state index is 0.0437. The number of carbonyl (C=O) groups excluding carboxylic acids is 1. The van der Waals surface area contributed by atoms with Crippen molar-refractivity contribution in [2.24, 2.45) is 0 Å². The molecule has 0 unspecified atom stereocenters. The third kappa shape index (κ3) is 3.43. The van der Waals surface area contributed by atoms with Crippen LogP contribution in [0.25, 0.3) is 21.2 Å². The second-order valence-corrected chi connectivity index (χ2v) is 8.10. The molecule has 0 saturated heterocycles. The van der Waals surface area contributed by atoms with Crippen LogP contribution in [0.2, 0.25) is 0 Å². The van der Waals surface area contributed by atoms with Crippen molar-refractivity contribution in [3.05, 3.63) is 77.3 Å². The zero-order chi connectivity index (χ0) is 19.8.